The van der Waals surface area contributed by atoms with E-state index in [1.165, 1.54) is 18.2 Å². The standard InChI is InChI=1S/C19H22F4N4O2/c1-18(2,26-7-9-29-10-8-26)12-24-17(28)13-11-25-27(16(13)19(21,22)23)15-6-4-3-5-14(15)20/h3-6,11H,7-10,12H2,1-2H3,(H,24,28). The van der Waals surface area contributed by atoms with Gasteiger partial charge in [0.15, 0.2) is 5.69 Å². The number of morpholine rings is 1. The number of aromatic nitrogens is 2. The molecule has 1 amide bonds. The first-order valence-electron chi connectivity index (χ1n) is 9.12. The number of hydrogen-bond donors (Lipinski definition) is 1. The van der Waals surface area contributed by atoms with Crippen molar-refractivity contribution in [2.45, 2.75) is 25.6 Å². The number of rotatable bonds is 5. The molecular weight excluding hydrogens is 392 g/mol. The van der Waals surface area contributed by atoms with Crippen LogP contribution in [0.25, 0.3) is 5.69 Å². The fourth-order valence-electron chi connectivity index (χ4n) is 3.27. The van der Waals surface area contributed by atoms with Gasteiger partial charge < -0.3 is 10.1 Å². The first-order valence-corrected chi connectivity index (χ1v) is 9.12. The Kier molecular flexibility index (Phi) is 5.95. The lowest BCUT2D eigenvalue weighted by atomic mass is 10.0. The van der Waals surface area contributed by atoms with E-state index in [0.29, 0.717) is 31.0 Å². The quantitative estimate of drug-likeness (QED) is 0.765. The first kappa shape index (κ1) is 21.3. The van der Waals surface area contributed by atoms with Gasteiger partial charge in [-0.3, -0.25) is 9.69 Å². The van der Waals surface area contributed by atoms with Gasteiger partial charge >= 0.3 is 6.18 Å². The van der Waals surface area contributed by atoms with Crippen LogP contribution in [-0.2, 0) is 10.9 Å². The molecule has 1 aromatic carbocycles. The number of ether oxygens (including phenoxy) is 1. The normalized spacial score (nSPS) is 16.1. The molecule has 0 atom stereocenters. The van der Waals surface area contributed by atoms with Gasteiger partial charge in [0.25, 0.3) is 5.91 Å². The summed E-state index contributed by atoms with van der Waals surface area (Å²) in [5.41, 5.74) is -2.82. The topological polar surface area (TPSA) is 59.4 Å². The Labute approximate surface area is 165 Å². The zero-order valence-corrected chi connectivity index (χ0v) is 16.1. The highest BCUT2D eigenvalue weighted by molar-refractivity contribution is 5.95. The number of nitrogens with one attached hydrogen (secondary N) is 1. The molecule has 1 saturated heterocycles. The lowest BCUT2D eigenvalue weighted by Gasteiger charge is -2.40. The number of halogens is 4. The third kappa shape index (κ3) is 4.59. The fraction of sp³-hybridized carbons (Fsp3) is 0.474. The van der Waals surface area contributed by atoms with Crippen molar-refractivity contribution < 1.29 is 27.1 Å². The molecular formula is C19H22F4N4O2. The zero-order chi connectivity index (χ0) is 21.2. The second-order valence-corrected chi connectivity index (χ2v) is 7.36. The molecule has 2 heterocycles. The van der Waals surface area contributed by atoms with Crippen LogP contribution in [0.2, 0.25) is 0 Å². The maximum absolute atomic E-state index is 14.0. The van der Waals surface area contributed by atoms with Crippen LogP contribution in [0.15, 0.2) is 30.5 Å². The second-order valence-electron chi connectivity index (χ2n) is 7.36. The van der Waals surface area contributed by atoms with Crippen LogP contribution in [0.4, 0.5) is 17.6 Å². The first-order chi connectivity index (χ1) is 13.6. The molecule has 0 radical (unpaired) electrons. The van der Waals surface area contributed by atoms with Crippen LogP contribution in [0.3, 0.4) is 0 Å². The van der Waals surface area contributed by atoms with Crippen LogP contribution < -0.4 is 5.32 Å². The van der Waals surface area contributed by atoms with Gasteiger partial charge in [-0.15, -0.1) is 0 Å². The molecule has 1 fully saturated rings. The zero-order valence-electron chi connectivity index (χ0n) is 16.1. The van der Waals surface area contributed by atoms with Gasteiger partial charge in [-0.05, 0) is 26.0 Å². The van der Waals surface area contributed by atoms with Gasteiger partial charge in [0, 0.05) is 25.2 Å². The minimum atomic E-state index is -4.90. The van der Waals surface area contributed by atoms with Crippen molar-refractivity contribution >= 4 is 5.91 Å². The number of nitrogens with zero attached hydrogens (tertiary/aromatic N) is 3. The van der Waals surface area contributed by atoms with Crippen molar-refractivity contribution in [2.75, 3.05) is 32.8 Å². The molecule has 0 unspecified atom stereocenters. The lowest BCUT2D eigenvalue weighted by Crippen LogP contribution is -2.55. The number of hydrogen-bond acceptors (Lipinski definition) is 4. The predicted octanol–water partition coefficient (Wildman–Crippen LogP) is 2.87. The summed E-state index contributed by atoms with van der Waals surface area (Å²) in [7, 11) is 0. The van der Waals surface area contributed by atoms with E-state index in [4.69, 9.17) is 4.74 Å². The highest BCUT2D eigenvalue weighted by atomic mass is 19.4. The third-order valence-electron chi connectivity index (χ3n) is 4.91. The van der Waals surface area contributed by atoms with Crippen LogP contribution in [0, 0.1) is 5.82 Å². The smallest absolute Gasteiger partial charge is 0.379 e. The van der Waals surface area contributed by atoms with Crippen LogP contribution in [0.5, 0.6) is 0 Å². The van der Waals surface area contributed by atoms with Gasteiger partial charge in [0.05, 0.1) is 25.0 Å². The van der Waals surface area contributed by atoms with E-state index in [1.807, 2.05) is 13.8 Å². The van der Waals surface area contributed by atoms with Gasteiger partial charge in [0.2, 0.25) is 0 Å². The molecule has 0 saturated carbocycles. The molecule has 2 aromatic rings. The summed E-state index contributed by atoms with van der Waals surface area (Å²) < 4.78 is 60.8. The fourth-order valence-corrected chi connectivity index (χ4v) is 3.27. The Hall–Kier alpha value is -2.46. The van der Waals surface area contributed by atoms with Crippen molar-refractivity contribution in [1.82, 2.24) is 20.0 Å². The van der Waals surface area contributed by atoms with E-state index in [0.717, 1.165) is 12.3 Å². The molecule has 1 aliphatic heterocycles. The molecule has 1 aromatic heterocycles. The van der Waals surface area contributed by atoms with Gasteiger partial charge in [-0.1, -0.05) is 12.1 Å². The van der Waals surface area contributed by atoms with E-state index < -0.39 is 34.7 Å². The monoisotopic (exact) mass is 414 g/mol. The predicted molar refractivity (Wildman–Crippen MR) is 97.3 cm³/mol. The summed E-state index contributed by atoms with van der Waals surface area (Å²) in [6.45, 7) is 6.38. The minimum absolute atomic E-state index is 0.133. The lowest BCUT2D eigenvalue weighted by molar-refractivity contribution is -0.143. The summed E-state index contributed by atoms with van der Waals surface area (Å²) in [5, 5.41) is 6.20. The summed E-state index contributed by atoms with van der Waals surface area (Å²) in [5.74, 6) is -1.79. The average molecular weight is 414 g/mol. The van der Waals surface area contributed by atoms with Gasteiger partial charge in [0.1, 0.15) is 11.5 Å². The maximum Gasteiger partial charge on any atom is 0.434 e. The summed E-state index contributed by atoms with van der Waals surface area (Å²) in [6, 6.07) is 4.95. The Morgan fingerprint density at radius 3 is 2.48 bits per heavy atom. The second kappa shape index (κ2) is 8.11. The highest BCUT2D eigenvalue weighted by Gasteiger charge is 2.41. The van der Waals surface area contributed by atoms with Crippen LogP contribution in [0.1, 0.15) is 29.9 Å². The number of amides is 1. The Balaban J connectivity index is 1.85. The van der Waals surface area contributed by atoms with Gasteiger partial charge in [-0.25, -0.2) is 9.07 Å². The number of carbonyl (C=O) groups excluding carboxylic acids is 1. The number of carbonyl (C=O) groups is 1. The molecule has 6 nitrogen and oxygen atoms in total. The molecule has 1 aliphatic rings. The molecule has 1 N–H and O–H groups in total. The van der Waals surface area contributed by atoms with Crippen molar-refractivity contribution in [2.24, 2.45) is 0 Å². The Morgan fingerprint density at radius 1 is 1.21 bits per heavy atom. The van der Waals surface area contributed by atoms with Crippen molar-refractivity contribution in [3.05, 3.63) is 47.5 Å². The molecule has 0 bridgehead atoms. The molecule has 158 valence electrons. The molecule has 29 heavy (non-hydrogen) atoms. The third-order valence-corrected chi connectivity index (χ3v) is 4.91. The summed E-state index contributed by atoms with van der Waals surface area (Å²) in [4.78, 5) is 14.7. The van der Waals surface area contributed by atoms with E-state index in [9.17, 15) is 22.4 Å². The summed E-state index contributed by atoms with van der Waals surface area (Å²) >= 11 is 0. The molecule has 0 aliphatic carbocycles. The van der Waals surface area contributed by atoms with E-state index >= 15 is 0 Å². The Bertz CT molecular complexity index is 873. The number of benzene rings is 1. The highest BCUT2D eigenvalue weighted by Crippen LogP contribution is 2.34. The van der Waals surface area contributed by atoms with Crippen molar-refractivity contribution in [3.63, 3.8) is 0 Å². The van der Waals surface area contributed by atoms with Crippen molar-refractivity contribution in [1.29, 1.82) is 0 Å². The van der Waals surface area contributed by atoms with Crippen LogP contribution >= 0.6 is 0 Å². The number of alkyl halides is 3. The SMILES string of the molecule is CC(C)(CNC(=O)c1cnn(-c2ccccc2F)c1C(F)(F)F)N1CCOCC1. The summed E-state index contributed by atoms with van der Waals surface area (Å²) in [6.07, 6.45) is -4.09. The average Bonchev–Trinajstić information content (AvgIpc) is 3.13. The molecule has 0 spiro atoms. The largest absolute Gasteiger partial charge is 0.434 e. The van der Waals surface area contributed by atoms with E-state index in [-0.39, 0.29) is 12.2 Å². The molecule has 10 heteroatoms. The maximum atomic E-state index is 14.0. The van der Waals surface area contributed by atoms with Crippen molar-refractivity contribution in [3.8, 4) is 5.69 Å². The minimum Gasteiger partial charge on any atom is -0.379 e. The molecule has 3 rings (SSSR count). The van der Waals surface area contributed by atoms with E-state index in [2.05, 4.69) is 15.3 Å². The van der Waals surface area contributed by atoms with Gasteiger partial charge in [-0.2, -0.15) is 18.3 Å². The number of para-hydroxylation sites is 1. The van der Waals surface area contributed by atoms with E-state index in [1.54, 1.807) is 0 Å². The Morgan fingerprint density at radius 2 is 1.86 bits per heavy atom. The van der Waals surface area contributed by atoms with Crippen LogP contribution in [-0.4, -0.2) is 59.0 Å².